The van der Waals surface area contributed by atoms with Crippen molar-refractivity contribution in [3.63, 3.8) is 0 Å². The molecule has 1 rings (SSSR count). The van der Waals surface area contributed by atoms with Crippen molar-refractivity contribution in [3.8, 4) is 5.75 Å². The Bertz CT molecular complexity index is 600. The van der Waals surface area contributed by atoms with E-state index in [0.717, 1.165) is 6.42 Å². The predicted molar refractivity (Wildman–Crippen MR) is 98.6 cm³/mol. The molecule has 1 atom stereocenters. The average Bonchev–Trinajstić information content (AvgIpc) is 2.59. The summed E-state index contributed by atoms with van der Waals surface area (Å²) in [6, 6.07) is 6.87. The fourth-order valence-corrected chi connectivity index (χ4v) is 2.34. The molecule has 6 heteroatoms. The normalized spacial score (nSPS) is 11.5. The van der Waals surface area contributed by atoms with Crippen LogP contribution < -0.4 is 10.1 Å². The van der Waals surface area contributed by atoms with Crippen LogP contribution in [0.3, 0.4) is 0 Å². The monoisotopic (exact) mass is 363 g/mol. The molecule has 0 radical (unpaired) electrons. The fourth-order valence-electron chi connectivity index (χ4n) is 2.34. The van der Waals surface area contributed by atoms with Crippen molar-refractivity contribution in [1.82, 2.24) is 5.32 Å². The molecule has 0 bridgehead atoms. The van der Waals surface area contributed by atoms with Gasteiger partial charge in [0.15, 0.2) is 0 Å². The lowest BCUT2D eigenvalue weighted by Gasteiger charge is -2.19. The summed E-state index contributed by atoms with van der Waals surface area (Å²) in [6.07, 6.45) is 2.58. The average molecular weight is 363 g/mol. The van der Waals surface area contributed by atoms with Gasteiger partial charge in [-0.1, -0.05) is 32.9 Å². The molecular formula is C20H29NO5. The molecule has 0 spiro atoms. The first-order valence-corrected chi connectivity index (χ1v) is 9.26. The Hall–Kier alpha value is -2.37. The van der Waals surface area contributed by atoms with Crippen LogP contribution in [0.5, 0.6) is 5.75 Å². The molecule has 1 aromatic rings. The summed E-state index contributed by atoms with van der Waals surface area (Å²) in [4.78, 5) is 35.4. The van der Waals surface area contributed by atoms with Crippen LogP contribution in [-0.2, 0) is 19.1 Å². The van der Waals surface area contributed by atoms with Gasteiger partial charge in [0.05, 0.1) is 6.54 Å². The molecular weight excluding hydrogens is 334 g/mol. The predicted octanol–water partition coefficient (Wildman–Crippen LogP) is 3.69. The number of esters is 2. The first kappa shape index (κ1) is 21.7. The number of ether oxygens (including phenoxy) is 2. The van der Waals surface area contributed by atoms with Crippen molar-refractivity contribution in [1.29, 1.82) is 0 Å². The van der Waals surface area contributed by atoms with Crippen LogP contribution in [0.1, 0.15) is 71.0 Å². The molecule has 0 saturated heterocycles. The topological polar surface area (TPSA) is 81.7 Å². The van der Waals surface area contributed by atoms with E-state index < -0.39 is 6.10 Å². The molecule has 1 N–H and O–H groups in total. The Balaban J connectivity index is 2.88. The Morgan fingerprint density at radius 2 is 1.62 bits per heavy atom. The summed E-state index contributed by atoms with van der Waals surface area (Å²) in [5.74, 6) is -0.317. The third-order valence-corrected chi connectivity index (χ3v) is 3.61. The van der Waals surface area contributed by atoms with Gasteiger partial charge in [-0.3, -0.25) is 14.4 Å². The number of rotatable bonds is 11. The van der Waals surface area contributed by atoms with Crippen molar-refractivity contribution < 1.29 is 23.9 Å². The molecule has 1 amide bonds. The molecule has 0 heterocycles. The second-order valence-corrected chi connectivity index (χ2v) is 6.08. The summed E-state index contributed by atoms with van der Waals surface area (Å²) in [7, 11) is 0. The minimum atomic E-state index is -0.625. The lowest BCUT2D eigenvalue weighted by Crippen LogP contribution is -2.30. The Kier molecular flexibility index (Phi) is 10.1. The highest BCUT2D eigenvalue weighted by Gasteiger charge is 2.18. The van der Waals surface area contributed by atoms with E-state index in [1.807, 2.05) is 20.8 Å². The minimum absolute atomic E-state index is 0.0884. The summed E-state index contributed by atoms with van der Waals surface area (Å²) in [6.45, 7) is 5.90. The van der Waals surface area contributed by atoms with E-state index in [9.17, 15) is 14.4 Å². The second kappa shape index (κ2) is 12.1. The van der Waals surface area contributed by atoms with Gasteiger partial charge >= 0.3 is 11.9 Å². The molecule has 1 aromatic carbocycles. The highest BCUT2D eigenvalue weighted by atomic mass is 16.5. The van der Waals surface area contributed by atoms with E-state index >= 15 is 0 Å². The van der Waals surface area contributed by atoms with Crippen LogP contribution in [0.25, 0.3) is 0 Å². The molecule has 0 aliphatic heterocycles. The maximum atomic E-state index is 11.9. The van der Waals surface area contributed by atoms with Crippen molar-refractivity contribution in [2.24, 2.45) is 0 Å². The molecule has 144 valence electrons. The molecule has 6 nitrogen and oxygen atoms in total. The van der Waals surface area contributed by atoms with Crippen LogP contribution in [0.4, 0.5) is 0 Å². The fraction of sp³-hybridized carbons (Fsp3) is 0.550. The third kappa shape index (κ3) is 8.14. The van der Waals surface area contributed by atoms with Crippen molar-refractivity contribution in [3.05, 3.63) is 29.8 Å². The number of hydrogen-bond donors (Lipinski definition) is 1. The summed E-state index contributed by atoms with van der Waals surface area (Å²) >= 11 is 0. The van der Waals surface area contributed by atoms with E-state index in [1.54, 1.807) is 24.3 Å². The zero-order valence-electron chi connectivity index (χ0n) is 15.9. The molecule has 0 saturated carbocycles. The molecule has 0 aliphatic rings. The molecule has 0 aromatic heterocycles. The summed E-state index contributed by atoms with van der Waals surface area (Å²) in [5.41, 5.74) is 0.674. The van der Waals surface area contributed by atoms with Gasteiger partial charge in [0.2, 0.25) is 5.91 Å². The highest BCUT2D eigenvalue weighted by molar-refractivity contribution is 5.76. The standard InChI is InChI=1S/C20H29NO5/c1-4-8-18(22)21-14-17(26-20(24)10-6-3)15-11-7-12-16(13-15)25-19(23)9-5-2/h7,11-13,17H,4-6,8-10,14H2,1-3H3,(H,21,22). The van der Waals surface area contributed by atoms with Crippen LogP contribution >= 0.6 is 0 Å². The SMILES string of the molecule is CCCC(=O)NCC(OC(=O)CCC)c1cccc(OC(=O)CCC)c1. The van der Waals surface area contributed by atoms with E-state index in [1.165, 1.54) is 0 Å². The summed E-state index contributed by atoms with van der Waals surface area (Å²) < 4.78 is 10.8. The zero-order valence-corrected chi connectivity index (χ0v) is 15.9. The van der Waals surface area contributed by atoms with Gasteiger partial charge < -0.3 is 14.8 Å². The first-order valence-electron chi connectivity index (χ1n) is 9.26. The van der Waals surface area contributed by atoms with Crippen molar-refractivity contribution in [2.75, 3.05) is 6.54 Å². The summed E-state index contributed by atoms with van der Waals surface area (Å²) in [5, 5.41) is 2.79. The number of hydrogen-bond acceptors (Lipinski definition) is 5. The number of nitrogens with one attached hydrogen (secondary N) is 1. The van der Waals surface area contributed by atoms with Crippen LogP contribution in [-0.4, -0.2) is 24.4 Å². The van der Waals surface area contributed by atoms with Gasteiger partial charge in [-0.15, -0.1) is 0 Å². The molecule has 26 heavy (non-hydrogen) atoms. The number of carbonyl (C=O) groups excluding carboxylic acids is 3. The Morgan fingerprint density at radius 3 is 2.27 bits per heavy atom. The lowest BCUT2D eigenvalue weighted by molar-refractivity contribution is -0.150. The number of benzene rings is 1. The lowest BCUT2D eigenvalue weighted by atomic mass is 10.1. The van der Waals surface area contributed by atoms with Crippen LogP contribution in [0, 0.1) is 0 Å². The molecule has 0 aliphatic carbocycles. The van der Waals surface area contributed by atoms with Gasteiger partial charge in [-0.25, -0.2) is 0 Å². The quantitative estimate of drug-likeness (QED) is 0.479. The van der Waals surface area contributed by atoms with Gasteiger partial charge in [-0.2, -0.15) is 0 Å². The smallest absolute Gasteiger partial charge is 0.311 e. The van der Waals surface area contributed by atoms with Crippen molar-refractivity contribution >= 4 is 17.8 Å². The number of amides is 1. The Labute approximate surface area is 155 Å². The zero-order chi connectivity index (χ0) is 19.4. The maximum Gasteiger partial charge on any atom is 0.311 e. The second-order valence-electron chi connectivity index (χ2n) is 6.08. The maximum absolute atomic E-state index is 11.9. The minimum Gasteiger partial charge on any atom is -0.456 e. The van der Waals surface area contributed by atoms with Gasteiger partial charge in [0, 0.05) is 19.3 Å². The van der Waals surface area contributed by atoms with Gasteiger partial charge in [-0.05, 0) is 37.0 Å². The largest absolute Gasteiger partial charge is 0.456 e. The van der Waals surface area contributed by atoms with Crippen molar-refractivity contribution in [2.45, 2.75) is 65.4 Å². The van der Waals surface area contributed by atoms with E-state index in [0.29, 0.717) is 43.4 Å². The number of carbonyl (C=O) groups is 3. The van der Waals surface area contributed by atoms with E-state index in [-0.39, 0.29) is 24.4 Å². The molecule has 1 unspecified atom stereocenters. The Morgan fingerprint density at radius 1 is 0.962 bits per heavy atom. The van der Waals surface area contributed by atoms with Gasteiger partial charge in [0.25, 0.3) is 0 Å². The highest BCUT2D eigenvalue weighted by Crippen LogP contribution is 2.23. The van der Waals surface area contributed by atoms with Gasteiger partial charge in [0.1, 0.15) is 11.9 Å². The molecule has 0 fully saturated rings. The third-order valence-electron chi connectivity index (χ3n) is 3.61. The van der Waals surface area contributed by atoms with E-state index in [4.69, 9.17) is 9.47 Å². The van der Waals surface area contributed by atoms with E-state index in [2.05, 4.69) is 5.32 Å². The van der Waals surface area contributed by atoms with Crippen LogP contribution in [0.15, 0.2) is 24.3 Å². The van der Waals surface area contributed by atoms with Crippen LogP contribution in [0.2, 0.25) is 0 Å². The first-order chi connectivity index (χ1) is 12.5.